The third-order valence-corrected chi connectivity index (χ3v) is 9.01. The van der Waals surface area contributed by atoms with Crippen LogP contribution in [0.15, 0.2) is 54.6 Å². The first-order valence-corrected chi connectivity index (χ1v) is 15.6. The molecule has 2 aromatic heterocycles. The van der Waals surface area contributed by atoms with Crippen LogP contribution in [0.2, 0.25) is 0 Å². The van der Waals surface area contributed by atoms with Gasteiger partial charge in [-0.1, -0.05) is 69.4 Å². The van der Waals surface area contributed by atoms with Gasteiger partial charge in [0.1, 0.15) is 17.5 Å². The number of nitrogens with zero attached hydrogens (tertiary/aromatic N) is 6. The van der Waals surface area contributed by atoms with Crippen molar-refractivity contribution in [3.63, 3.8) is 0 Å². The number of carbonyl (C=O) groups excluding carboxylic acids is 1. The highest BCUT2D eigenvalue weighted by atomic mass is 19.1. The van der Waals surface area contributed by atoms with Crippen molar-refractivity contribution in [2.24, 2.45) is 5.92 Å². The molecule has 0 spiro atoms. The van der Waals surface area contributed by atoms with Gasteiger partial charge in [-0.2, -0.15) is 5.10 Å². The van der Waals surface area contributed by atoms with Crippen molar-refractivity contribution in [3.05, 3.63) is 77.5 Å². The Morgan fingerprint density at radius 2 is 1.69 bits per heavy atom. The number of hydrogen-bond acceptors (Lipinski definition) is 5. The number of hydrogen-bond donors (Lipinski definition) is 0. The molecule has 2 aliphatic rings. The molecule has 2 fully saturated rings. The normalized spacial score (nSPS) is 17.4. The number of benzene rings is 2. The minimum atomic E-state index is -0.276. The highest BCUT2D eigenvalue weighted by molar-refractivity contribution is 5.91. The first-order valence-electron chi connectivity index (χ1n) is 15.6. The average Bonchev–Trinajstić information content (AvgIpc) is 3.17. The van der Waals surface area contributed by atoms with Crippen LogP contribution in [0.5, 0.6) is 0 Å². The van der Waals surface area contributed by atoms with Crippen LogP contribution in [0.25, 0.3) is 16.7 Å². The molecule has 1 aliphatic carbocycles. The molecule has 2 aromatic carbocycles. The fraction of sp³-hybridized carbons (Fsp3) is 0.471. The van der Waals surface area contributed by atoms with Crippen molar-refractivity contribution in [1.29, 1.82) is 0 Å². The molecule has 1 aliphatic heterocycles. The summed E-state index contributed by atoms with van der Waals surface area (Å²) in [4.78, 5) is 28.4. The van der Waals surface area contributed by atoms with Crippen LogP contribution in [0.3, 0.4) is 0 Å². The van der Waals surface area contributed by atoms with E-state index in [1.54, 1.807) is 12.1 Å². The molecule has 220 valence electrons. The Balaban J connectivity index is 1.33. The van der Waals surface area contributed by atoms with Gasteiger partial charge in [-0.05, 0) is 55.5 Å². The fourth-order valence-electron chi connectivity index (χ4n) is 6.75. The number of carbonyl (C=O) groups is 1. The molecule has 7 nitrogen and oxygen atoms in total. The van der Waals surface area contributed by atoms with E-state index in [9.17, 15) is 9.18 Å². The molecule has 0 unspecified atom stereocenters. The van der Waals surface area contributed by atoms with Crippen molar-refractivity contribution in [2.45, 2.75) is 71.1 Å². The van der Waals surface area contributed by atoms with E-state index in [0.717, 1.165) is 72.0 Å². The van der Waals surface area contributed by atoms with Crippen LogP contribution in [0.1, 0.15) is 74.9 Å². The monoisotopic (exact) mass is 568 g/mol. The number of halogens is 1. The van der Waals surface area contributed by atoms with Crippen LogP contribution < -0.4 is 4.90 Å². The standard InChI is InChI=1S/C34H41FN6O/c1-3-29(26-13-8-5-9-14-26)34(42)40-20-10-19-39(21-22-40)32-31-24(2)38-41(28-17-15-27(35)16-18-28)33(31)37-30(36-32)23-25-11-6-4-7-12-25/h5,8-9,13-18,25,29H,3-4,6-7,10-12,19-23H2,1-2H3/t29-/m1/s1. The molecule has 42 heavy (non-hydrogen) atoms. The predicted octanol–water partition coefficient (Wildman–Crippen LogP) is 6.62. The molecule has 1 saturated heterocycles. The second-order valence-corrected chi connectivity index (χ2v) is 11.9. The fourth-order valence-corrected chi connectivity index (χ4v) is 6.75. The van der Waals surface area contributed by atoms with E-state index in [1.807, 2.05) is 34.7 Å². The second-order valence-electron chi connectivity index (χ2n) is 11.9. The lowest BCUT2D eigenvalue weighted by molar-refractivity contribution is -0.132. The van der Waals surface area contributed by atoms with Crippen molar-refractivity contribution in [1.82, 2.24) is 24.6 Å². The molecule has 4 aromatic rings. The number of rotatable bonds is 7. The zero-order valence-electron chi connectivity index (χ0n) is 24.8. The number of fused-ring (bicyclic) bond motifs is 1. The van der Waals surface area contributed by atoms with Gasteiger partial charge in [-0.15, -0.1) is 0 Å². The summed E-state index contributed by atoms with van der Waals surface area (Å²) in [6.07, 6.45) is 8.78. The summed E-state index contributed by atoms with van der Waals surface area (Å²) in [7, 11) is 0. The Bertz CT molecular complexity index is 1510. The molecule has 1 saturated carbocycles. The van der Waals surface area contributed by atoms with Crippen LogP contribution in [0, 0.1) is 18.7 Å². The molecule has 6 rings (SSSR count). The van der Waals surface area contributed by atoms with Gasteiger partial charge in [0, 0.05) is 32.6 Å². The van der Waals surface area contributed by atoms with Gasteiger partial charge in [-0.3, -0.25) is 4.79 Å². The second kappa shape index (κ2) is 12.6. The third kappa shape index (κ3) is 5.90. The van der Waals surface area contributed by atoms with Gasteiger partial charge < -0.3 is 9.80 Å². The van der Waals surface area contributed by atoms with E-state index < -0.39 is 0 Å². The van der Waals surface area contributed by atoms with E-state index >= 15 is 0 Å². The van der Waals surface area contributed by atoms with Crippen LogP contribution in [-0.2, 0) is 11.2 Å². The van der Waals surface area contributed by atoms with E-state index in [1.165, 1.54) is 44.2 Å². The van der Waals surface area contributed by atoms with Gasteiger partial charge in [0.15, 0.2) is 5.65 Å². The largest absolute Gasteiger partial charge is 0.354 e. The third-order valence-electron chi connectivity index (χ3n) is 9.01. The molecule has 0 bridgehead atoms. The van der Waals surface area contributed by atoms with Gasteiger partial charge in [0.25, 0.3) is 0 Å². The van der Waals surface area contributed by atoms with Crippen LogP contribution in [-0.4, -0.2) is 56.7 Å². The highest BCUT2D eigenvalue weighted by Crippen LogP contribution is 2.32. The van der Waals surface area contributed by atoms with Gasteiger partial charge >= 0.3 is 0 Å². The number of aromatic nitrogens is 4. The molecular weight excluding hydrogens is 527 g/mol. The molecule has 0 radical (unpaired) electrons. The quantitative estimate of drug-likeness (QED) is 0.251. The average molecular weight is 569 g/mol. The summed E-state index contributed by atoms with van der Waals surface area (Å²) in [5, 5.41) is 5.80. The van der Waals surface area contributed by atoms with Crippen molar-refractivity contribution < 1.29 is 9.18 Å². The Kier molecular flexibility index (Phi) is 8.49. The lowest BCUT2D eigenvalue weighted by Crippen LogP contribution is -2.38. The molecule has 8 heteroatoms. The Morgan fingerprint density at radius 3 is 2.43 bits per heavy atom. The summed E-state index contributed by atoms with van der Waals surface area (Å²) in [6, 6.07) is 16.5. The highest BCUT2D eigenvalue weighted by Gasteiger charge is 2.29. The van der Waals surface area contributed by atoms with Crippen LogP contribution in [0.4, 0.5) is 10.2 Å². The molecule has 0 N–H and O–H groups in total. The van der Waals surface area contributed by atoms with Gasteiger partial charge in [-0.25, -0.2) is 19.0 Å². The summed E-state index contributed by atoms with van der Waals surface area (Å²) in [5.41, 5.74) is 3.48. The van der Waals surface area contributed by atoms with Crippen molar-refractivity contribution >= 4 is 22.8 Å². The van der Waals surface area contributed by atoms with Crippen molar-refractivity contribution in [2.75, 3.05) is 31.1 Å². The summed E-state index contributed by atoms with van der Waals surface area (Å²) >= 11 is 0. The number of amides is 1. The minimum absolute atomic E-state index is 0.123. The van der Waals surface area contributed by atoms with Crippen molar-refractivity contribution in [3.8, 4) is 5.69 Å². The van der Waals surface area contributed by atoms with E-state index in [-0.39, 0.29) is 17.6 Å². The molecular formula is C34H41FN6O. The lowest BCUT2D eigenvalue weighted by atomic mass is 9.87. The number of anilines is 1. The van der Waals surface area contributed by atoms with E-state index in [0.29, 0.717) is 19.0 Å². The summed E-state index contributed by atoms with van der Waals surface area (Å²) in [5.74, 6) is 2.15. The Morgan fingerprint density at radius 1 is 0.929 bits per heavy atom. The van der Waals surface area contributed by atoms with E-state index in [2.05, 4.69) is 24.0 Å². The molecule has 1 amide bonds. The topological polar surface area (TPSA) is 67.2 Å². The van der Waals surface area contributed by atoms with Gasteiger partial charge in [0.05, 0.1) is 22.7 Å². The lowest BCUT2D eigenvalue weighted by Gasteiger charge is -2.27. The maximum absolute atomic E-state index is 13.8. The summed E-state index contributed by atoms with van der Waals surface area (Å²) < 4.78 is 15.6. The van der Waals surface area contributed by atoms with E-state index in [4.69, 9.17) is 15.1 Å². The first kappa shape index (κ1) is 28.3. The zero-order valence-corrected chi connectivity index (χ0v) is 24.8. The Hall–Kier alpha value is -3.81. The maximum atomic E-state index is 13.8. The molecule has 3 heterocycles. The first-order chi connectivity index (χ1) is 20.5. The van der Waals surface area contributed by atoms with Crippen LogP contribution >= 0.6 is 0 Å². The molecule has 1 atom stereocenters. The minimum Gasteiger partial charge on any atom is -0.354 e. The smallest absolute Gasteiger partial charge is 0.230 e. The zero-order chi connectivity index (χ0) is 29.1. The predicted molar refractivity (Wildman–Crippen MR) is 165 cm³/mol. The number of aryl methyl sites for hydroxylation is 1. The maximum Gasteiger partial charge on any atom is 0.230 e. The Labute approximate surface area is 247 Å². The SMILES string of the molecule is CC[C@@H](C(=O)N1CCCN(c2nc(CC3CCCCC3)nc3c2c(C)nn3-c2ccc(F)cc2)CC1)c1ccccc1. The summed E-state index contributed by atoms with van der Waals surface area (Å²) in [6.45, 7) is 6.98. The van der Waals surface area contributed by atoms with Gasteiger partial charge in [0.2, 0.25) is 5.91 Å².